The van der Waals surface area contributed by atoms with Gasteiger partial charge in [-0.1, -0.05) is 17.7 Å². The molecule has 2 aromatic carbocycles. The predicted molar refractivity (Wildman–Crippen MR) is 95.1 cm³/mol. The molecule has 0 spiro atoms. The highest BCUT2D eigenvalue weighted by molar-refractivity contribution is 6.30. The van der Waals surface area contributed by atoms with Gasteiger partial charge in [-0.3, -0.25) is 9.59 Å². The summed E-state index contributed by atoms with van der Waals surface area (Å²) in [6, 6.07) is 12.5. The molecule has 0 radical (unpaired) electrons. The fourth-order valence-electron chi connectivity index (χ4n) is 2.96. The van der Waals surface area contributed by atoms with Crippen LogP contribution in [0.2, 0.25) is 5.02 Å². The van der Waals surface area contributed by atoms with Gasteiger partial charge in [0.15, 0.2) is 0 Å². The molecule has 0 unspecified atom stereocenters. The third-order valence-corrected chi connectivity index (χ3v) is 4.51. The van der Waals surface area contributed by atoms with Crippen molar-refractivity contribution in [3.05, 3.63) is 64.9 Å². The molecule has 0 aliphatic carbocycles. The molecular formula is C19H18ClFN2O2. The highest BCUT2D eigenvalue weighted by atomic mass is 35.5. The monoisotopic (exact) mass is 360 g/mol. The Kier molecular flexibility index (Phi) is 5.34. The van der Waals surface area contributed by atoms with Crippen molar-refractivity contribution in [3.63, 3.8) is 0 Å². The van der Waals surface area contributed by atoms with Gasteiger partial charge >= 0.3 is 0 Å². The Bertz CT molecular complexity index is 779. The molecule has 1 aliphatic heterocycles. The van der Waals surface area contributed by atoms with Gasteiger partial charge in [0.25, 0.3) is 5.91 Å². The summed E-state index contributed by atoms with van der Waals surface area (Å²) in [5.41, 5.74) is 0.974. The Hall–Kier alpha value is -2.40. The van der Waals surface area contributed by atoms with Crippen molar-refractivity contribution in [1.82, 2.24) is 4.90 Å². The van der Waals surface area contributed by atoms with E-state index in [1.54, 1.807) is 41.3 Å². The maximum atomic E-state index is 13.2. The van der Waals surface area contributed by atoms with Crippen molar-refractivity contribution in [1.29, 1.82) is 0 Å². The number of halogens is 2. The van der Waals surface area contributed by atoms with Crippen LogP contribution < -0.4 is 5.32 Å². The van der Waals surface area contributed by atoms with E-state index in [4.69, 9.17) is 11.6 Å². The van der Waals surface area contributed by atoms with Crippen molar-refractivity contribution in [3.8, 4) is 0 Å². The van der Waals surface area contributed by atoms with E-state index in [9.17, 15) is 14.0 Å². The number of nitrogens with zero attached hydrogens (tertiary/aromatic N) is 1. The fourth-order valence-corrected chi connectivity index (χ4v) is 3.09. The molecule has 0 saturated carbocycles. The number of piperidine rings is 1. The smallest absolute Gasteiger partial charge is 0.253 e. The molecule has 1 atom stereocenters. The minimum atomic E-state index is -0.402. The van der Waals surface area contributed by atoms with Gasteiger partial charge < -0.3 is 10.2 Å². The summed E-state index contributed by atoms with van der Waals surface area (Å²) in [6.45, 7) is 0.966. The average Bonchev–Trinajstić information content (AvgIpc) is 2.62. The topological polar surface area (TPSA) is 49.4 Å². The van der Waals surface area contributed by atoms with E-state index in [-0.39, 0.29) is 17.7 Å². The van der Waals surface area contributed by atoms with Gasteiger partial charge in [0.1, 0.15) is 5.82 Å². The lowest BCUT2D eigenvalue weighted by molar-refractivity contribution is -0.121. The molecule has 2 amide bonds. The average molecular weight is 361 g/mol. The molecule has 4 nitrogen and oxygen atoms in total. The number of carbonyl (C=O) groups is 2. The van der Waals surface area contributed by atoms with Gasteiger partial charge in [-0.05, 0) is 55.3 Å². The third kappa shape index (κ3) is 4.37. The lowest BCUT2D eigenvalue weighted by Gasteiger charge is -2.32. The van der Waals surface area contributed by atoms with E-state index < -0.39 is 5.82 Å². The van der Waals surface area contributed by atoms with Crippen LogP contribution in [0.1, 0.15) is 23.2 Å². The number of likely N-dealkylation sites (tertiary alicyclic amines) is 1. The molecule has 1 fully saturated rings. The number of rotatable bonds is 3. The van der Waals surface area contributed by atoms with E-state index >= 15 is 0 Å². The molecule has 1 N–H and O–H groups in total. The molecule has 1 aliphatic rings. The Morgan fingerprint density at radius 1 is 1.16 bits per heavy atom. The van der Waals surface area contributed by atoms with Gasteiger partial charge in [-0.25, -0.2) is 4.39 Å². The lowest BCUT2D eigenvalue weighted by Crippen LogP contribution is -2.43. The first-order valence-electron chi connectivity index (χ1n) is 8.14. The van der Waals surface area contributed by atoms with Crippen LogP contribution in [0.4, 0.5) is 10.1 Å². The van der Waals surface area contributed by atoms with Gasteiger partial charge in [-0.2, -0.15) is 0 Å². The third-order valence-electron chi connectivity index (χ3n) is 4.26. The maximum absolute atomic E-state index is 13.2. The molecule has 0 aromatic heterocycles. The predicted octanol–water partition coefficient (Wildman–Crippen LogP) is 3.97. The van der Waals surface area contributed by atoms with Gasteiger partial charge in [0, 0.05) is 29.4 Å². The van der Waals surface area contributed by atoms with E-state index in [1.807, 2.05) is 0 Å². The van der Waals surface area contributed by atoms with E-state index in [2.05, 4.69) is 5.32 Å². The summed E-state index contributed by atoms with van der Waals surface area (Å²) in [5, 5.41) is 3.30. The zero-order valence-electron chi connectivity index (χ0n) is 13.5. The van der Waals surface area contributed by atoms with E-state index in [0.717, 1.165) is 6.42 Å². The highest BCUT2D eigenvalue weighted by Crippen LogP contribution is 2.21. The van der Waals surface area contributed by atoms with Crippen LogP contribution in [-0.4, -0.2) is 29.8 Å². The van der Waals surface area contributed by atoms with Crippen LogP contribution in [-0.2, 0) is 4.79 Å². The van der Waals surface area contributed by atoms with Crippen LogP contribution in [0.5, 0.6) is 0 Å². The van der Waals surface area contributed by atoms with Crippen molar-refractivity contribution >= 4 is 29.1 Å². The van der Waals surface area contributed by atoms with Crippen LogP contribution in [0.15, 0.2) is 48.5 Å². The Balaban J connectivity index is 1.65. The summed E-state index contributed by atoms with van der Waals surface area (Å²) < 4.78 is 13.2. The quantitative estimate of drug-likeness (QED) is 0.900. The summed E-state index contributed by atoms with van der Waals surface area (Å²) in [4.78, 5) is 26.7. The van der Waals surface area contributed by atoms with Gasteiger partial charge in [-0.15, -0.1) is 0 Å². The minimum absolute atomic E-state index is 0.111. The largest absolute Gasteiger partial charge is 0.338 e. The first kappa shape index (κ1) is 17.4. The summed E-state index contributed by atoms with van der Waals surface area (Å²) in [6.07, 6.45) is 1.45. The molecular weight excluding hydrogens is 343 g/mol. The number of nitrogens with one attached hydrogen (secondary N) is 1. The number of benzene rings is 2. The van der Waals surface area contributed by atoms with E-state index in [0.29, 0.717) is 35.8 Å². The van der Waals surface area contributed by atoms with Crippen molar-refractivity contribution < 1.29 is 14.0 Å². The first-order valence-corrected chi connectivity index (χ1v) is 8.52. The van der Waals surface area contributed by atoms with Crippen LogP contribution in [0, 0.1) is 11.7 Å². The standard InChI is InChI=1S/C19H18ClFN2O2/c20-15-8-6-13(7-9-15)19(25)23-10-2-3-14(12-23)18(24)22-17-5-1-4-16(21)11-17/h1,4-9,11,14H,2-3,10,12H2,(H,22,24)/t14-/m1/s1. The number of amides is 2. The van der Waals surface area contributed by atoms with Crippen molar-refractivity contribution in [2.75, 3.05) is 18.4 Å². The van der Waals surface area contributed by atoms with Crippen molar-refractivity contribution in [2.45, 2.75) is 12.8 Å². The minimum Gasteiger partial charge on any atom is -0.338 e. The van der Waals surface area contributed by atoms with Gasteiger partial charge in [0.2, 0.25) is 5.91 Å². The molecule has 1 heterocycles. The van der Waals surface area contributed by atoms with Crippen LogP contribution in [0.3, 0.4) is 0 Å². The molecule has 2 aromatic rings. The zero-order chi connectivity index (χ0) is 17.8. The summed E-state index contributed by atoms with van der Waals surface area (Å²) >= 11 is 5.85. The summed E-state index contributed by atoms with van der Waals surface area (Å²) in [5.74, 6) is -1.02. The molecule has 6 heteroatoms. The number of hydrogen-bond donors (Lipinski definition) is 1. The Morgan fingerprint density at radius 2 is 1.92 bits per heavy atom. The summed E-state index contributed by atoms with van der Waals surface area (Å²) in [7, 11) is 0. The van der Waals surface area contributed by atoms with E-state index in [1.165, 1.54) is 12.1 Å². The SMILES string of the molecule is O=C(Nc1cccc(F)c1)[C@@H]1CCCN(C(=O)c2ccc(Cl)cc2)C1. The van der Waals surface area contributed by atoms with Crippen molar-refractivity contribution in [2.24, 2.45) is 5.92 Å². The number of carbonyl (C=O) groups excluding carboxylic acids is 2. The molecule has 25 heavy (non-hydrogen) atoms. The zero-order valence-corrected chi connectivity index (χ0v) is 14.3. The molecule has 3 rings (SSSR count). The second kappa shape index (κ2) is 7.66. The fraction of sp³-hybridized carbons (Fsp3) is 0.263. The normalized spacial score (nSPS) is 17.2. The number of anilines is 1. The van der Waals surface area contributed by atoms with Crippen LogP contribution in [0.25, 0.3) is 0 Å². The number of hydrogen-bond acceptors (Lipinski definition) is 2. The van der Waals surface area contributed by atoms with Gasteiger partial charge in [0.05, 0.1) is 5.92 Å². The van der Waals surface area contributed by atoms with Crippen LogP contribution >= 0.6 is 11.6 Å². The molecule has 0 bridgehead atoms. The molecule has 130 valence electrons. The molecule has 1 saturated heterocycles. The second-order valence-electron chi connectivity index (χ2n) is 6.10. The highest BCUT2D eigenvalue weighted by Gasteiger charge is 2.29. The second-order valence-corrected chi connectivity index (χ2v) is 6.53. The lowest BCUT2D eigenvalue weighted by atomic mass is 9.96. The Labute approximate surface area is 150 Å². The first-order chi connectivity index (χ1) is 12.0. The maximum Gasteiger partial charge on any atom is 0.253 e. The Morgan fingerprint density at radius 3 is 2.64 bits per heavy atom.